The van der Waals surface area contributed by atoms with E-state index < -0.39 is 6.10 Å². The minimum Gasteiger partial charge on any atom is -0.488 e. The maximum Gasteiger partial charge on any atom is 0.156 e. The third-order valence-electron chi connectivity index (χ3n) is 2.99. The number of halogens is 2. The molecule has 6 heteroatoms. The van der Waals surface area contributed by atoms with Crippen molar-refractivity contribution < 1.29 is 14.6 Å². The molecule has 21 heavy (non-hydrogen) atoms. The Labute approximate surface area is 136 Å². The molecule has 1 aromatic rings. The molecule has 2 unspecified atom stereocenters. The van der Waals surface area contributed by atoms with E-state index in [9.17, 15) is 5.11 Å². The monoisotopic (exact) mass is 335 g/mol. The van der Waals surface area contributed by atoms with Gasteiger partial charge in [-0.3, -0.25) is 0 Å². The fraction of sp³-hybridized carbons (Fsp3) is 0.600. The van der Waals surface area contributed by atoms with Crippen molar-refractivity contribution in [2.45, 2.75) is 31.9 Å². The molecule has 0 amide bonds. The van der Waals surface area contributed by atoms with Crippen molar-refractivity contribution in [3.63, 3.8) is 0 Å². The SMILES string of the molecule is CCCC(COC)NCC(O)COc1c(Cl)cccc1Cl. The van der Waals surface area contributed by atoms with Crippen LogP contribution in [0.4, 0.5) is 0 Å². The Balaban J connectivity index is 2.38. The third kappa shape index (κ3) is 6.85. The molecule has 0 heterocycles. The molecule has 2 N–H and O–H groups in total. The highest BCUT2D eigenvalue weighted by Crippen LogP contribution is 2.32. The van der Waals surface area contributed by atoms with Gasteiger partial charge in [0.25, 0.3) is 0 Å². The molecule has 0 saturated heterocycles. The van der Waals surface area contributed by atoms with Gasteiger partial charge in [0, 0.05) is 19.7 Å². The summed E-state index contributed by atoms with van der Waals surface area (Å²) in [5, 5.41) is 14.1. The second-order valence-corrected chi connectivity index (χ2v) is 5.68. The Hall–Kier alpha value is -0.520. The van der Waals surface area contributed by atoms with Crippen molar-refractivity contribution >= 4 is 23.2 Å². The molecule has 0 bridgehead atoms. The molecule has 2 atom stereocenters. The van der Waals surface area contributed by atoms with Crippen LogP contribution >= 0.6 is 23.2 Å². The van der Waals surface area contributed by atoms with Gasteiger partial charge in [-0.25, -0.2) is 0 Å². The van der Waals surface area contributed by atoms with Gasteiger partial charge in [-0.2, -0.15) is 0 Å². The van der Waals surface area contributed by atoms with Crippen LogP contribution in [-0.4, -0.2) is 44.1 Å². The van der Waals surface area contributed by atoms with Crippen LogP contribution in [0.2, 0.25) is 10.0 Å². The van der Waals surface area contributed by atoms with E-state index in [1.807, 2.05) is 0 Å². The lowest BCUT2D eigenvalue weighted by Crippen LogP contribution is -2.40. The van der Waals surface area contributed by atoms with Crippen LogP contribution in [0.1, 0.15) is 19.8 Å². The largest absolute Gasteiger partial charge is 0.488 e. The smallest absolute Gasteiger partial charge is 0.156 e. The van der Waals surface area contributed by atoms with E-state index in [0.717, 1.165) is 12.8 Å². The highest BCUT2D eigenvalue weighted by atomic mass is 35.5. The number of hydrogen-bond donors (Lipinski definition) is 2. The van der Waals surface area contributed by atoms with Crippen molar-refractivity contribution in [3.8, 4) is 5.75 Å². The molecule has 0 spiro atoms. The van der Waals surface area contributed by atoms with Crippen LogP contribution in [0.25, 0.3) is 0 Å². The van der Waals surface area contributed by atoms with Gasteiger partial charge in [-0.15, -0.1) is 0 Å². The lowest BCUT2D eigenvalue weighted by Gasteiger charge is -2.20. The molecule has 1 aromatic carbocycles. The van der Waals surface area contributed by atoms with Crippen LogP contribution in [0, 0.1) is 0 Å². The molecule has 0 aliphatic heterocycles. The predicted octanol–water partition coefficient (Wildman–Crippen LogP) is 3.14. The molecule has 0 fully saturated rings. The number of rotatable bonds is 10. The van der Waals surface area contributed by atoms with Gasteiger partial charge in [0.1, 0.15) is 12.7 Å². The molecule has 0 aromatic heterocycles. The molecule has 0 aliphatic rings. The molecule has 0 saturated carbocycles. The first kappa shape index (κ1) is 18.5. The summed E-state index contributed by atoms with van der Waals surface area (Å²) in [5.41, 5.74) is 0. The van der Waals surface area contributed by atoms with Crippen molar-refractivity contribution in [1.29, 1.82) is 0 Å². The van der Waals surface area contributed by atoms with E-state index in [1.165, 1.54) is 0 Å². The van der Waals surface area contributed by atoms with Crippen molar-refractivity contribution in [2.75, 3.05) is 26.9 Å². The van der Waals surface area contributed by atoms with Gasteiger partial charge in [-0.1, -0.05) is 42.6 Å². The van der Waals surface area contributed by atoms with Crippen molar-refractivity contribution in [2.24, 2.45) is 0 Å². The van der Waals surface area contributed by atoms with Gasteiger partial charge in [0.05, 0.1) is 16.7 Å². The third-order valence-corrected chi connectivity index (χ3v) is 3.58. The number of hydrogen-bond acceptors (Lipinski definition) is 4. The van der Waals surface area contributed by atoms with Gasteiger partial charge >= 0.3 is 0 Å². The quantitative estimate of drug-likeness (QED) is 0.689. The highest BCUT2D eigenvalue weighted by molar-refractivity contribution is 6.37. The van der Waals surface area contributed by atoms with Crippen molar-refractivity contribution in [1.82, 2.24) is 5.32 Å². The average Bonchev–Trinajstić information content (AvgIpc) is 2.44. The maximum atomic E-state index is 9.96. The summed E-state index contributed by atoms with van der Waals surface area (Å²) >= 11 is 12.0. The minimum absolute atomic E-state index is 0.127. The Morgan fingerprint density at radius 1 is 1.24 bits per heavy atom. The summed E-state index contributed by atoms with van der Waals surface area (Å²) in [5.74, 6) is 0.405. The minimum atomic E-state index is -0.645. The molecule has 4 nitrogen and oxygen atoms in total. The Bertz CT molecular complexity index is 392. The summed E-state index contributed by atoms with van der Waals surface area (Å²) in [4.78, 5) is 0. The fourth-order valence-corrected chi connectivity index (χ4v) is 2.46. The standard InChI is InChI=1S/C15H23Cl2NO3/c1-3-5-11(9-20-2)18-8-12(19)10-21-15-13(16)6-4-7-14(15)17/h4,6-7,11-12,18-19H,3,5,8-10H2,1-2H3. The molecular weight excluding hydrogens is 313 g/mol. The fourth-order valence-electron chi connectivity index (χ4n) is 1.96. The lowest BCUT2D eigenvalue weighted by molar-refractivity contribution is 0.0947. The van der Waals surface area contributed by atoms with Gasteiger partial charge in [-0.05, 0) is 18.6 Å². The maximum absolute atomic E-state index is 9.96. The number of aliphatic hydroxyl groups excluding tert-OH is 1. The molecule has 0 radical (unpaired) electrons. The molecule has 120 valence electrons. The van der Waals surface area contributed by atoms with E-state index >= 15 is 0 Å². The number of aliphatic hydroxyl groups is 1. The average molecular weight is 336 g/mol. The topological polar surface area (TPSA) is 50.7 Å². The summed E-state index contributed by atoms with van der Waals surface area (Å²) < 4.78 is 10.6. The normalized spacial score (nSPS) is 14.0. The van der Waals surface area contributed by atoms with Gasteiger partial charge < -0.3 is 19.9 Å². The number of para-hydroxylation sites is 1. The molecule has 0 aliphatic carbocycles. The van der Waals surface area contributed by atoms with Crippen LogP contribution in [0.5, 0.6) is 5.75 Å². The Kier molecular flexibility index (Phi) is 9.04. The van der Waals surface area contributed by atoms with E-state index in [-0.39, 0.29) is 12.6 Å². The van der Waals surface area contributed by atoms with E-state index in [0.29, 0.717) is 28.9 Å². The second kappa shape index (κ2) is 10.2. The van der Waals surface area contributed by atoms with Crippen LogP contribution < -0.4 is 10.1 Å². The predicted molar refractivity (Wildman–Crippen MR) is 86.5 cm³/mol. The van der Waals surface area contributed by atoms with Gasteiger partial charge in [0.15, 0.2) is 5.75 Å². The summed E-state index contributed by atoms with van der Waals surface area (Å²) in [6, 6.07) is 5.38. The zero-order valence-electron chi connectivity index (χ0n) is 12.4. The van der Waals surface area contributed by atoms with E-state index in [4.69, 9.17) is 32.7 Å². The number of benzene rings is 1. The Morgan fingerprint density at radius 3 is 2.48 bits per heavy atom. The Morgan fingerprint density at radius 2 is 1.90 bits per heavy atom. The molecular formula is C15H23Cl2NO3. The lowest BCUT2D eigenvalue weighted by atomic mass is 10.2. The zero-order valence-corrected chi connectivity index (χ0v) is 14.0. The highest BCUT2D eigenvalue weighted by Gasteiger charge is 2.13. The van der Waals surface area contributed by atoms with Crippen molar-refractivity contribution in [3.05, 3.63) is 28.2 Å². The summed E-state index contributed by atoms with van der Waals surface area (Å²) in [6.45, 7) is 3.29. The summed E-state index contributed by atoms with van der Waals surface area (Å²) in [6.07, 6.45) is 1.41. The second-order valence-electron chi connectivity index (χ2n) is 4.86. The number of nitrogens with one attached hydrogen (secondary N) is 1. The number of methoxy groups -OCH3 is 1. The zero-order chi connectivity index (χ0) is 15.7. The first-order chi connectivity index (χ1) is 10.1. The summed E-state index contributed by atoms with van der Waals surface area (Å²) in [7, 11) is 1.67. The number of ether oxygens (including phenoxy) is 2. The first-order valence-corrected chi connectivity index (χ1v) is 7.81. The van der Waals surface area contributed by atoms with Crippen LogP contribution in [0.3, 0.4) is 0 Å². The van der Waals surface area contributed by atoms with E-state index in [2.05, 4.69) is 12.2 Å². The van der Waals surface area contributed by atoms with Crippen LogP contribution in [0.15, 0.2) is 18.2 Å². The van der Waals surface area contributed by atoms with Crippen LogP contribution in [-0.2, 0) is 4.74 Å². The van der Waals surface area contributed by atoms with E-state index in [1.54, 1.807) is 25.3 Å². The van der Waals surface area contributed by atoms with Gasteiger partial charge in [0.2, 0.25) is 0 Å². The molecule has 1 rings (SSSR count). The first-order valence-electron chi connectivity index (χ1n) is 7.05.